The van der Waals surface area contributed by atoms with Gasteiger partial charge in [0.2, 0.25) is 0 Å². The first-order chi connectivity index (χ1) is 15.4. The van der Waals surface area contributed by atoms with Gasteiger partial charge >= 0.3 is 12.1 Å². The normalized spacial score (nSPS) is 21.1. The highest BCUT2D eigenvalue weighted by Gasteiger charge is 2.56. The van der Waals surface area contributed by atoms with Crippen LogP contribution < -0.4 is 0 Å². The quantitative estimate of drug-likeness (QED) is 0.290. The Kier molecular flexibility index (Phi) is 7.33. The lowest BCUT2D eigenvalue weighted by Gasteiger charge is -2.45. The number of ether oxygens (including phenoxy) is 1. The Morgan fingerprint density at radius 1 is 1.27 bits per heavy atom. The van der Waals surface area contributed by atoms with Crippen LogP contribution in [0.5, 0.6) is 0 Å². The Labute approximate surface area is 199 Å². The van der Waals surface area contributed by atoms with E-state index < -0.39 is 71.1 Å². The van der Waals surface area contributed by atoms with Crippen molar-refractivity contribution in [3.8, 4) is 0 Å². The van der Waals surface area contributed by atoms with E-state index in [2.05, 4.69) is 20.9 Å². The molecule has 1 aliphatic rings. The van der Waals surface area contributed by atoms with Gasteiger partial charge in [-0.25, -0.2) is 13.8 Å². The van der Waals surface area contributed by atoms with E-state index in [1.54, 1.807) is 0 Å². The fraction of sp³-hybridized carbons (Fsp3) is 0.381. The predicted molar refractivity (Wildman–Crippen MR) is 112 cm³/mol. The average molecular weight is 556 g/mol. The molecular weight excluding hydrogens is 539 g/mol. The standard InChI is InChI=1S/C21H17BrClF5N2O3/c1-33-19(32)20(9-14-13(24)5-6-16(22)29-14)7-8-30(15(10-20)21(26,27)28)18(31)11-3-2-4-12(23)17(11)25/h2-6,15H,7-10H2,1H3. The van der Waals surface area contributed by atoms with E-state index in [4.69, 9.17) is 16.3 Å². The van der Waals surface area contributed by atoms with E-state index in [1.165, 1.54) is 12.1 Å². The molecule has 12 heteroatoms. The lowest BCUT2D eigenvalue weighted by molar-refractivity contribution is -0.199. The highest BCUT2D eigenvalue weighted by atomic mass is 79.9. The Hall–Kier alpha value is -2.27. The molecule has 1 aromatic heterocycles. The van der Waals surface area contributed by atoms with Gasteiger partial charge in [0.1, 0.15) is 16.5 Å². The van der Waals surface area contributed by atoms with Crippen LogP contribution in [0.1, 0.15) is 28.9 Å². The van der Waals surface area contributed by atoms with Crippen LogP contribution in [0.3, 0.4) is 0 Å². The van der Waals surface area contributed by atoms with Crippen molar-refractivity contribution in [1.29, 1.82) is 0 Å². The maximum absolute atomic E-state index is 14.3. The van der Waals surface area contributed by atoms with E-state index in [-0.39, 0.29) is 16.7 Å². The van der Waals surface area contributed by atoms with Crippen LogP contribution >= 0.6 is 27.5 Å². The molecule has 1 aliphatic heterocycles. The van der Waals surface area contributed by atoms with E-state index in [1.807, 2.05) is 0 Å². The molecule has 1 fully saturated rings. The smallest absolute Gasteiger partial charge is 0.408 e. The van der Waals surface area contributed by atoms with E-state index in [0.29, 0.717) is 4.90 Å². The van der Waals surface area contributed by atoms with Gasteiger partial charge in [-0.3, -0.25) is 9.59 Å². The largest absolute Gasteiger partial charge is 0.469 e. The predicted octanol–water partition coefficient (Wildman–Crippen LogP) is 5.34. The number of benzene rings is 1. The fourth-order valence-corrected chi connectivity index (χ4v) is 4.49. The number of piperidine rings is 1. The van der Waals surface area contributed by atoms with Crippen LogP contribution in [0.25, 0.3) is 0 Å². The molecule has 0 N–H and O–H groups in total. The lowest BCUT2D eigenvalue weighted by Crippen LogP contribution is -2.58. The number of hydrogen-bond donors (Lipinski definition) is 0. The molecule has 0 aliphatic carbocycles. The minimum atomic E-state index is -4.96. The van der Waals surface area contributed by atoms with Crippen molar-refractivity contribution >= 4 is 39.4 Å². The van der Waals surface area contributed by atoms with Gasteiger partial charge < -0.3 is 9.64 Å². The third-order valence-electron chi connectivity index (χ3n) is 5.62. The number of rotatable bonds is 4. The molecule has 0 saturated carbocycles. The molecule has 33 heavy (non-hydrogen) atoms. The summed E-state index contributed by atoms with van der Waals surface area (Å²) in [6.07, 6.45) is -6.64. The molecule has 5 nitrogen and oxygen atoms in total. The van der Waals surface area contributed by atoms with Crippen molar-refractivity contribution in [2.45, 2.75) is 31.5 Å². The second-order valence-corrected chi connectivity index (χ2v) is 8.84. The zero-order valence-corrected chi connectivity index (χ0v) is 19.4. The molecule has 178 valence electrons. The summed E-state index contributed by atoms with van der Waals surface area (Å²) in [6.45, 7) is -0.556. The molecule has 3 rings (SSSR count). The minimum absolute atomic E-state index is 0.226. The van der Waals surface area contributed by atoms with Crippen LogP contribution in [0.4, 0.5) is 22.0 Å². The zero-order chi connectivity index (χ0) is 24.6. The second kappa shape index (κ2) is 9.54. The summed E-state index contributed by atoms with van der Waals surface area (Å²) in [6, 6.07) is 3.35. The first kappa shape index (κ1) is 25.4. The number of halogens is 7. The van der Waals surface area contributed by atoms with Crippen molar-refractivity contribution in [2.75, 3.05) is 13.7 Å². The van der Waals surface area contributed by atoms with E-state index in [9.17, 15) is 31.5 Å². The summed E-state index contributed by atoms with van der Waals surface area (Å²) in [5, 5.41) is -0.415. The first-order valence-electron chi connectivity index (χ1n) is 9.60. The molecule has 2 heterocycles. The monoisotopic (exact) mass is 554 g/mol. The molecule has 2 atom stereocenters. The number of likely N-dealkylation sites (tertiary alicyclic amines) is 1. The number of aromatic nitrogens is 1. The third-order valence-corrected chi connectivity index (χ3v) is 6.35. The Morgan fingerprint density at radius 3 is 2.61 bits per heavy atom. The number of esters is 1. The van der Waals surface area contributed by atoms with Gasteiger partial charge in [-0.05, 0) is 53.0 Å². The molecule has 0 bridgehead atoms. The summed E-state index contributed by atoms with van der Waals surface area (Å²) < 4.78 is 75.9. The van der Waals surface area contributed by atoms with Crippen molar-refractivity contribution in [1.82, 2.24) is 9.88 Å². The van der Waals surface area contributed by atoms with Crippen molar-refractivity contribution in [3.63, 3.8) is 0 Å². The van der Waals surface area contributed by atoms with E-state index in [0.717, 1.165) is 25.3 Å². The molecule has 1 aromatic carbocycles. The van der Waals surface area contributed by atoms with Crippen molar-refractivity contribution < 1.29 is 36.3 Å². The molecule has 1 saturated heterocycles. The summed E-state index contributed by atoms with van der Waals surface area (Å²) in [7, 11) is 1.01. The third kappa shape index (κ3) is 5.13. The maximum atomic E-state index is 14.3. The van der Waals surface area contributed by atoms with Crippen LogP contribution in [0, 0.1) is 17.0 Å². The van der Waals surface area contributed by atoms with Gasteiger partial charge in [0.05, 0.1) is 28.8 Å². The summed E-state index contributed by atoms with van der Waals surface area (Å²) in [5.41, 5.74) is -2.66. The number of nitrogens with zero attached hydrogens (tertiary/aromatic N) is 2. The number of hydrogen-bond acceptors (Lipinski definition) is 4. The number of pyridine rings is 1. The highest BCUT2D eigenvalue weighted by molar-refractivity contribution is 9.10. The number of alkyl halides is 3. The highest BCUT2D eigenvalue weighted by Crippen LogP contribution is 2.45. The number of methoxy groups -OCH3 is 1. The minimum Gasteiger partial charge on any atom is -0.469 e. The number of carbonyl (C=O) groups is 2. The van der Waals surface area contributed by atoms with Crippen molar-refractivity contribution in [2.24, 2.45) is 5.41 Å². The Bertz CT molecular complexity index is 1080. The second-order valence-electron chi connectivity index (χ2n) is 7.62. The van der Waals surface area contributed by atoms with Crippen molar-refractivity contribution in [3.05, 3.63) is 62.8 Å². The van der Waals surface area contributed by atoms with Crippen LogP contribution in [0.2, 0.25) is 5.02 Å². The van der Waals surface area contributed by atoms with E-state index >= 15 is 0 Å². The van der Waals surface area contributed by atoms with Gasteiger partial charge in [0, 0.05) is 13.0 Å². The summed E-state index contributed by atoms with van der Waals surface area (Å²) in [4.78, 5) is 30.0. The van der Waals surface area contributed by atoms with Gasteiger partial charge in [0.25, 0.3) is 5.91 Å². The maximum Gasteiger partial charge on any atom is 0.408 e. The molecule has 2 aromatic rings. The van der Waals surface area contributed by atoms with Gasteiger partial charge in [-0.15, -0.1) is 0 Å². The molecule has 1 amide bonds. The molecular formula is C21H17BrClF5N2O3. The zero-order valence-electron chi connectivity index (χ0n) is 17.1. The van der Waals surface area contributed by atoms with Crippen LogP contribution in [-0.4, -0.2) is 47.6 Å². The molecule has 2 unspecified atom stereocenters. The van der Waals surface area contributed by atoms with Crippen LogP contribution in [0.15, 0.2) is 34.9 Å². The first-order valence-corrected chi connectivity index (χ1v) is 10.8. The Morgan fingerprint density at radius 2 is 1.97 bits per heavy atom. The molecule has 0 spiro atoms. The summed E-state index contributed by atoms with van der Waals surface area (Å²) >= 11 is 8.74. The topological polar surface area (TPSA) is 59.5 Å². The van der Waals surface area contributed by atoms with Gasteiger partial charge in [0.15, 0.2) is 5.82 Å². The lowest BCUT2D eigenvalue weighted by atomic mass is 9.71. The summed E-state index contributed by atoms with van der Waals surface area (Å²) in [5.74, 6) is -4.15. The van der Waals surface area contributed by atoms with Gasteiger partial charge in [-0.2, -0.15) is 13.2 Å². The fourth-order valence-electron chi connectivity index (χ4n) is 3.97. The number of amides is 1. The average Bonchev–Trinajstić information content (AvgIpc) is 2.76. The van der Waals surface area contributed by atoms with Crippen LogP contribution in [-0.2, 0) is 16.0 Å². The molecule has 0 radical (unpaired) electrons. The number of carbonyl (C=O) groups excluding carboxylic acids is 2. The SMILES string of the molecule is COC(=O)C1(Cc2nc(Br)ccc2F)CCN(C(=O)c2cccc(Cl)c2F)C(C(F)(F)F)C1. The Balaban J connectivity index is 2.02. The van der Waals surface area contributed by atoms with Gasteiger partial charge in [-0.1, -0.05) is 17.7 Å².